The van der Waals surface area contributed by atoms with Gasteiger partial charge in [-0.1, -0.05) is 41.6 Å². The summed E-state index contributed by atoms with van der Waals surface area (Å²) in [5.41, 5.74) is 4.18. The molecule has 142 valence electrons. The Hall–Kier alpha value is -2.54. The summed E-state index contributed by atoms with van der Waals surface area (Å²) in [7, 11) is 0. The Labute approximate surface area is 162 Å². The number of fused-ring (bicyclic) bond motifs is 1. The van der Waals surface area contributed by atoms with E-state index in [1.54, 1.807) is 4.57 Å². The fraction of sp³-hybridized carbons (Fsp3) is 0.350. The van der Waals surface area contributed by atoms with Crippen molar-refractivity contribution < 1.29 is 4.79 Å². The summed E-state index contributed by atoms with van der Waals surface area (Å²) in [5.74, 6) is 0.118. The van der Waals surface area contributed by atoms with Crippen LogP contribution in [0.5, 0.6) is 0 Å². The number of thioether (sulfide) groups is 1. The molecule has 0 aliphatic rings. The number of hydrogen-bond donors (Lipinski definition) is 2. The molecule has 0 aliphatic heterocycles. The Bertz CT molecular complexity index is 1020. The minimum atomic E-state index is -0.105. The zero-order chi connectivity index (χ0) is 19.6. The molecule has 0 saturated carbocycles. The highest BCUT2D eigenvalue weighted by Gasteiger charge is 2.15. The van der Waals surface area contributed by atoms with E-state index in [2.05, 4.69) is 15.3 Å². The number of carbonyl (C=O) groups is 1. The van der Waals surface area contributed by atoms with Crippen molar-refractivity contribution in [3.8, 4) is 0 Å². The van der Waals surface area contributed by atoms with E-state index in [0.29, 0.717) is 22.7 Å². The first-order valence-corrected chi connectivity index (χ1v) is 9.96. The first kappa shape index (κ1) is 19.2. The first-order valence-electron chi connectivity index (χ1n) is 8.98. The standard InChI is InChI=1S/C20H24N4O2S/c1-5-24-19(26)18-16(10-13(3)21-18)23-20(24)27-11-17(25)22-14(4)15-8-6-12(2)7-9-15/h6-10,14,21H,5,11H2,1-4H3,(H,22,25)/t14-/m0/s1. The molecule has 2 aromatic heterocycles. The highest BCUT2D eigenvalue weighted by molar-refractivity contribution is 7.99. The van der Waals surface area contributed by atoms with Crippen LogP contribution in [-0.4, -0.2) is 26.2 Å². The van der Waals surface area contributed by atoms with E-state index < -0.39 is 0 Å². The lowest BCUT2D eigenvalue weighted by molar-refractivity contribution is -0.119. The number of nitrogens with zero attached hydrogens (tertiary/aromatic N) is 2. The van der Waals surface area contributed by atoms with Gasteiger partial charge in [0, 0.05) is 12.2 Å². The molecule has 0 aliphatic carbocycles. The van der Waals surface area contributed by atoms with Gasteiger partial charge in [0.2, 0.25) is 5.91 Å². The number of aromatic nitrogens is 3. The minimum Gasteiger partial charge on any atom is -0.353 e. The summed E-state index contributed by atoms with van der Waals surface area (Å²) in [6, 6.07) is 9.88. The van der Waals surface area contributed by atoms with Gasteiger partial charge in [-0.2, -0.15) is 0 Å². The van der Waals surface area contributed by atoms with Crippen molar-refractivity contribution in [3.05, 3.63) is 57.5 Å². The van der Waals surface area contributed by atoms with Crippen LogP contribution < -0.4 is 10.9 Å². The van der Waals surface area contributed by atoms with Crippen molar-refractivity contribution >= 4 is 28.7 Å². The molecule has 1 atom stereocenters. The fourth-order valence-electron chi connectivity index (χ4n) is 2.95. The largest absolute Gasteiger partial charge is 0.353 e. The molecule has 0 fully saturated rings. The summed E-state index contributed by atoms with van der Waals surface area (Å²) >= 11 is 1.28. The second-order valence-corrected chi connectivity index (χ2v) is 7.59. The van der Waals surface area contributed by atoms with Crippen molar-refractivity contribution in [2.24, 2.45) is 0 Å². The van der Waals surface area contributed by atoms with Crippen LogP contribution in [0.3, 0.4) is 0 Å². The SMILES string of the molecule is CCn1c(SCC(=O)N[C@@H](C)c2ccc(C)cc2)nc2cc(C)[nH]c2c1=O. The smallest absolute Gasteiger partial charge is 0.278 e. The van der Waals surface area contributed by atoms with Crippen LogP contribution in [0.15, 0.2) is 40.3 Å². The van der Waals surface area contributed by atoms with Crippen LogP contribution in [0.4, 0.5) is 0 Å². The van der Waals surface area contributed by atoms with Gasteiger partial charge >= 0.3 is 0 Å². The lowest BCUT2D eigenvalue weighted by atomic mass is 10.1. The predicted octanol–water partition coefficient (Wildman–Crippen LogP) is 3.33. The maximum atomic E-state index is 12.6. The lowest BCUT2D eigenvalue weighted by Gasteiger charge is -2.15. The van der Waals surface area contributed by atoms with E-state index in [1.807, 2.05) is 58.0 Å². The molecule has 27 heavy (non-hydrogen) atoms. The van der Waals surface area contributed by atoms with Gasteiger partial charge in [-0.25, -0.2) is 4.98 Å². The molecule has 1 amide bonds. The van der Waals surface area contributed by atoms with E-state index in [9.17, 15) is 9.59 Å². The third-order valence-electron chi connectivity index (χ3n) is 4.44. The monoisotopic (exact) mass is 384 g/mol. The summed E-state index contributed by atoms with van der Waals surface area (Å²) in [6.07, 6.45) is 0. The Morgan fingerprint density at radius 2 is 2.00 bits per heavy atom. The van der Waals surface area contributed by atoms with Crippen molar-refractivity contribution in [3.63, 3.8) is 0 Å². The molecule has 3 rings (SSSR count). The molecule has 0 saturated heterocycles. The Morgan fingerprint density at radius 3 is 2.67 bits per heavy atom. The number of nitrogens with one attached hydrogen (secondary N) is 2. The number of hydrogen-bond acceptors (Lipinski definition) is 4. The van der Waals surface area contributed by atoms with Crippen LogP contribution in [0.2, 0.25) is 0 Å². The number of carbonyl (C=O) groups excluding carboxylic acids is 1. The molecule has 2 N–H and O–H groups in total. The van der Waals surface area contributed by atoms with E-state index in [0.717, 1.165) is 11.3 Å². The van der Waals surface area contributed by atoms with E-state index in [-0.39, 0.29) is 23.3 Å². The van der Waals surface area contributed by atoms with Crippen molar-refractivity contribution in [2.75, 3.05) is 5.75 Å². The predicted molar refractivity (Wildman–Crippen MR) is 109 cm³/mol. The third kappa shape index (κ3) is 4.24. The summed E-state index contributed by atoms with van der Waals surface area (Å²) in [6.45, 7) is 8.29. The zero-order valence-corrected chi connectivity index (χ0v) is 16.8. The average molecular weight is 385 g/mol. The number of H-pyrrole nitrogens is 1. The number of rotatable bonds is 6. The zero-order valence-electron chi connectivity index (χ0n) is 16.0. The van der Waals surface area contributed by atoms with E-state index in [4.69, 9.17) is 0 Å². The topological polar surface area (TPSA) is 79.8 Å². The van der Waals surface area contributed by atoms with Crippen LogP contribution >= 0.6 is 11.8 Å². The highest BCUT2D eigenvalue weighted by atomic mass is 32.2. The highest BCUT2D eigenvalue weighted by Crippen LogP contribution is 2.19. The minimum absolute atomic E-state index is 0.0742. The summed E-state index contributed by atoms with van der Waals surface area (Å²) < 4.78 is 1.60. The van der Waals surface area contributed by atoms with Crippen LogP contribution in [0, 0.1) is 13.8 Å². The number of benzene rings is 1. The van der Waals surface area contributed by atoms with Gasteiger partial charge in [0.1, 0.15) is 5.52 Å². The van der Waals surface area contributed by atoms with E-state index in [1.165, 1.54) is 17.3 Å². The van der Waals surface area contributed by atoms with Gasteiger partial charge in [0.15, 0.2) is 5.16 Å². The van der Waals surface area contributed by atoms with Crippen LogP contribution in [0.1, 0.15) is 36.7 Å². The van der Waals surface area contributed by atoms with Crippen molar-refractivity contribution in [1.82, 2.24) is 19.9 Å². The third-order valence-corrected chi connectivity index (χ3v) is 5.42. The van der Waals surface area contributed by atoms with Gasteiger partial charge in [-0.15, -0.1) is 0 Å². The summed E-state index contributed by atoms with van der Waals surface area (Å²) in [4.78, 5) is 32.6. The maximum Gasteiger partial charge on any atom is 0.278 e. The molecule has 0 unspecified atom stereocenters. The molecule has 2 heterocycles. The lowest BCUT2D eigenvalue weighted by Crippen LogP contribution is -2.29. The first-order chi connectivity index (χ1) is 12.9. The molecular weight excluding hydrogens is 360 g/mol. The Morgan fingerprint density at radius 1 is 1.30 bits per heavy atom. The van der Waals surface area contributed by atoms with Gasteiger partial charge in [-0.05, 0) is 39.3 Å². The fourth-order valence-corrected chi connectivity index (χ4v) is 3.83. The molecular formula is C20H24N4O2S. The number of amides is 1. The molecule has 0 spiro atoms. The van der Waals surface area contributed by atoms with Crippen molar-refractivity contribution in [1.29, 1.82) is 0 Å². The second kappa shape index (κ2) is 8.00. The molecule has 7 heteroatoms. The average Bonchev–Trinajstić information content (AvgIpc) is 3.01. The number of aromatic amines is 1. The molecule has 1 aromatic carbocycles. The van der Waals surface area contributed by atoms with Gasteiger partial charge < -0.3 is 10.3 Å². The van der Waals surface area contributed by atoms with Crippen LogP contribution in [-0.2, 0) is 11.3 Å². The van der Waals surface area contributed by atoms with Crippen molar-refractivity contribution in [2.45, 2.75) is 45.4 Å². The Kier molecular flexibility index (Phi) is 5.70. The van der Waals surface area contributed by atoms with Gasteiger partial charge in [0.05, 0.1) is 17.3 Å². The molecule has 3 aromatic rings. The Balaban J connectivity index is 1.71. The van der Waals surface area contributed by atoms with Gasteiger partial charge in [-0.3, -0.25) is 14.2 Å². The number of aryl methyl sites for hydroxylation is 2. The molecule has 0 radical (unpaired) electrons. The normalized spacial score (nSPS) is 12.3. The molecule has 6 nitrogen and oxygen atoms in total. The maximum absolute atomic E-state index is 12.6. The second-order valence-electron chi connectivity index (χ2n) is 6.64. The van der Waals surface area contributed by atoms with Gasteiger partial charge in [0.25, 0.3) is 5.56 Å². The molecule has 0 bridgehead atoms. The van der Waals surface area contributed by atoms with Crippen LogP contribution in [0.25, 0.3) is 11.0 Å². The summed E-state index contributed by atoms with van der Waals surface area (Å²) in [5, 5.41) is 3.56. The quantitative estimate of drug-likeness (QED) is 0.505. The van der Waals surface area contributed by atoms with E-state index >= 15 is 0 Å².